The minimum absolute atomic E-state index is 0.198. The Morgan fingerprint density at radius 3 is 2.44 bits per heavy atom. The SMILES string of the molecule is [2H]CCCCC(=O)N(Cc1ccc(-c2ccccc2-c2nn[nH]n2)cc1)[C@H](C(=O)O)C(C)C. The summed E-state index contributed by atoms with van der Waals surface area (Å²) in [6.07, 6.45) is 1.44. The van der Waals surface area contributed by atoms with Gasteiger partial charge in [-0.3, -0.25) is 4.79 Å². The second-order valence-corrected chi connectivity index (χ2v) is 7.98. The number of hydrogen-bond acceptors (Lipinski definition) is 5. The molecule has 0 saturated heterocycles. The Morgan fingerprint density at radius 2 is 1.84 bits per heavy atom. The first-order valence-corrected chi connectivity index (χ1v) is 10.7. The van der Waals surface area contributed by atoms with Crippen LogP contribution >= 0.6 is 0 Å². The molecular weight excluding hydrogens is 406 g/mol. The first-order valence-electron chi connectivity index (χ1n) is 11.4. The molecule has 168 valence electrons. The fourth-order valence-corrected chi connectivity index (χ4v) is 3.73. The van der Waals surface area contributed by atoms with E-state index in [-0.39, 0.29) is 31.7 Å². The number of carboxylic acids is 1. The van der Waals surface area contributed by atoms with E-state index in [1.54, 1.807) is 13.8 Å². The number of aromatic nitrogens is 4. The molecule has 0 saturated carbocycles. The molecule has 1 heterocycles. The Balaban J connectivity index is 1.85. The third-order valence-corrected chi connectivity index (χ3v) is 5.31. The number of H-pyrrole nitrogens is 1. The quantitative estimate of drug-likeness (QED) is 0.462. The van der Waals surface area contributed by atoms with Crippen molar-refractivity contribution in [2.24, 2.45) is 5.92 Å². The van der Waals surface area contributed by atoms with E-state index < -0.39 is 12.0 Å². The molecule has 0 aliphatic rings. The third-order valence-electron chi connectivity index (χ3n) is 5.31. The zero-order valence-corrected chi connectivity index (χ0v) is 18.4. The largest absolute Gasteiger partial charge is 0.480 e. The molecule has 32 heavy (non-hydrogen) atoms. The summed E-state index contributed by atoms with van der Waals surface area (Å²) >= 11 is 0. The number of unbranched alkanes of at least 4 members (excludes halogenated alkanes) is 1. The van der Waals surface area contributed by atoms with Crippen LogP contribution in [0.25, 0.3) is 22.5 Å². The zero-order valence-electron chi connectivity index (χ0n) is 19.4. The van der Waals surface area contributed by atoms with Crippen LogP contribution in [0.3, 0.4) is 0 Å². The molecule has 0 aliphatic heterocycles. The predicted molar refractivity (Wildman–Crippen MR) is 121 cm³/mol. The molecule has 2 aromatic carbocycles. The molecule has 3 aromatic rings. The predicted octanol–water partition coefficient (Wildman–Crippen LogP) is 4.16. The minimum atomic E-state index is -1.01. The number of carboxylic acid groups (broad SMARTS) is 1. The van der Waals surface area contributed by atoms with E-state index >= 15 is 0 Å². The highest BCUT2D eigenvalue weighted by atomic mass is 16.4. The minimum Gasteiger partial charge on any atom is -0.480 e. The normalized spacial score (nSPS) is 12.4. The van der Waals surface area contributed by atoms with Gasteiger partial charge < -0.3 is 10.0 Å². The first kappa shape index (κ1) is 21.7. The molecular formula is C24H29N5O3. The van der Waals surface area contributed by atoms with E-state index in [0.29, 0.717) is 18.7 Å². The number of rotatable bonds is 10. The van der Waals surface area contributed by atoms with Crippen LogP contribution in [0.1, 0.15) is 46.9 Å². The zero-order chi connectivity index (χ0) is 23.8. The van der Waals surface area contributed by atoms with Crippen LogP contribution in [0.5, 0.6) is 0 Å². The van der Waals surface area contributed by atoms with Crippen molar-refractivity contribution in [3.63, 3.8) is 0 Å². The highest BCUT2D eigenvalue weighted by molar-refractivity contribution is 5.84. The summed E-state index contributed by atoms with van der Waals surface area (Å²) in [7, 11) is 0. The summed E-state index contributed by atoms with van der Waals surface area (Å²) in [5.41, 5.74) is 3.58. The molecule has 0 radical (unpaired) electrons. The van der Waals surface area contributed by atoms with Gasteiger partial charge in [0.1, 0.15) is 6.04 Å². The van der Waals surface area contributed by atoms with Crippen molar-refractivity contribution < 1.29 is 16.1 Å². The molecule has 1 amide bonds. The van der Waals surface area contributed by atoms with Gasteiger partial charge in [0.2, 0.25) is 11.7 Å². The van der Waals surface area contributed by atoms with Gasteiger partial charge in [-0.05, 0) is 34.2 Å². The standard InChI is InChI=1S/C24H29N5O3/c1-4-5-10-21(30)29(22(16(2)3)24(31)32)15-17-11-13-18(14-12-17)19-8-6-7-9-20(19)23-25-27-28-26-23/h6-9,11-14,16,22H,4-5,10,15H2,1-3H3,(H,31,32)(H,25,26,27,28)/t22-/m0/s1/i1D. The molecule has 8 heteroatoms. The average Bonchev–Trinajstić information content (AvgIpc) is 3.33. The van der Waals surface area contributed by atoms with Gasteiger partial charge >= 0.3 is 5.97 Å². The Hall–Kier alpha value is -3.55. The molecule has 1 atom stereocenters. The van der Waals surface area contributed by atoms with Crippen LogP contribution in [0, 0.1) is 5.92 Å². The molecule has 8 nitrogen and oxygen atoms in total. The Labute approximate surface area is 189 Å². The lowest BCUT2D eigenvalue weighted by Crippen LogP contribution is -2.47. The first-order chi connectivity index (χ1) is 15.9. The summed E-state index contributed by atoms with van der Waals surface area (Å²) in [6.45, 7) is 4.08. The Kier molecular flexibility index (Phi) is 7.22. The molecule has 0 spiro atoms. The molecule has 0 unspecified atom stereocenters. The van der Waals surface area contributed by atoms with Crippen LogP contribution in [0.2, 0.25) is 0 Å². The lowest BCUT2D eigenvalue weighted by atomic mass is 9.97. The van der Waals surface area contributed by atoms with Crippen molar-refractivity contribution in [3.05, 3.63) is 54.1 Å². The molecule has 3 rings (SSSR count). The van der Waals surface area contributed by atoms with Crippen molar-refractivity contribution in [2.75, 3.05) is 0 Å². The summed E-state index contributed by atoms with van der Waals surface area (Å²) in [5, 5.41) is 24.0. The summed E-state index contributed by atoms with van der Waals surface area (Å²) in [5.74, 6) is -0.940. The van der Waals surface area contributed by atoms with Crippen LogP contribution in [0.4, 0.5) is 0 Å². The van der Waals surface area contributed by atoms with Crippen molar-refractivity contribution >= 4 is 11.9 Å². The monoisotopic (exact) mass is 436 g/mol. The van der Waals surface area contributed by atoms with Crippen molar-refractivity contribution in [2.45, 2.75) is 52.6 Å². The number of aromatic amines is 1. The number of tetrazole rings is 1. The van der Waals surface area contributed by atoms with E-state index in [0.717, 1.165) is 22.3 Å². The van der Waals surface area contributed by atoms with Gasteiger partial charge in [0, 0.05) is 19.9 Å². The molecule has 2 N–H and O–H groups in total. The molecule has 0 aliphatic carbocycles. The summed E-state index contributed by atoms with van der Waals surface area (Å²) < 4.78 is 7.27. The third kappa shape index (κ3) is 5.38. The van der Waals surface area contributed by atoms with Crippen molar-refractivity contribution in [3.8, 4) is 22.5 Å². The van der Waals surface area contributed by atoms with E-state index in [2.05, 4.69) is 20.6 Å². The van der Waals surface area contributed by atoms with Gasteiger partial charge in [0.25, 0.3) is 0 Å². The summed E-state index contributed by atoms with van der Waals surface area (Å²) in [6, 6.07) is 14.5. The number of benzene rings is 2. The number of nitrogens with one attached hydrogen (secondary N) is 1. The van der Waals surface area contributed by atoms with Gasteiger partial charge in [-0.25, -0.2) is 4.79 Å². The van der Waals surface area contributed by atoms with Crippen molar-refractivity contribution in [1.82, 2.24) is 25.5 Å². The van der Waals surface area contributed by atoms with Crippen LogP contribution in [0.15, 0.2) is 48.5 Å². The van der Waals surface area contributed by atoms with Gasteiger partial charge in [-0.15, -0.1) is 10.2 Å². The molecule has 0 fully saturated rings. The van der Waals surface area contributed by atoms with E-state index in [9.17, 15) is 14.7 Å². The summed E-state index contributed by atoms with van der Waals surface area (Å²) in [4.78, 5) is 26.3. The average molecular weight is 437 g/mol. The maximum atomic E-state index is 12.9. The number of nitrogens with zero attached hydrogens (tertiary/aromatic N) is 4. The lowest BCUT2D eigenvalue weighted by Gasteiger charge is -2.32. The number of amides is 1. The lowest BCUT2D eigenvalue weighted by molar-refractivity contribution is -0.153. The van der Waals surface area contributed by atoms with E-state index in [4.69, 9.17) is 1.37 Å². The van der Waals surface area contributed by atoms with E-state index in [1.807, 2.05) is 48.5 Å². The fraction of sp³-hybridized carbons (Fsp3) is 0.375. The van der Waals surface area contributed by atoms with E-state index in [1.165, 1.54) is 4.90 Å². The highest BCUT2D eigenvalue weighted by Gasteiger charge is 2.32. The number of carbonyl (C=O) groups excluding carboxylic acids is 1. The fourth-order valence-electron chi connectivity index (χ4n) is 3.73. The van der Waals surface area contributed by atoms with Gasteiger partial charge in [-0.1, -0.05) is 75.7 Å². The second kappa shape index (κ2) is 10.7. The Morgan fingerprint density at radius 1 is 1.12 bits per heavy atom. The van der Waals surface area contributed by atoms with Gasteiger partial charge in [-0.2, -0.15) is 5.21 Å². The van der Waals surface area contributed by atoms with Gasteiger partial charge in [0.05, 0.1) is 0 Å². The van der Waals surface area contributed by atoms with Crippen molar-refractivity contribution in [1.29, 1.82) is 0 Å². The molecule has 1 aromatic heterocycles. The number of carbonyl (C=O) groups is 2. The number of hydrogen-bond donors (Lipinski definition) is 2. The van der Waals surface area contributed by atoms with Crippen LogP contribution < -0.4 is 0 Å². The number of aliphatic carboxylic acids is 1. The van der Waals surface area contributed by atoms with Gasteiger partial charge in [0.15, 0.2) is 0 Å². The highest BCUT2D eigenvalue weighted by Crippen LogP contribution is 2.30. The second-order valence-electron chi connectivity index (χ2n) is 7.98. The maximum absolute atomic E-state index is 12.9. The Bertz CT molecular complexity index is 1050. The topological polar surface area (TPSA) is 112 Å². The van der Waals surface area contributed by atoms with Crippen LogP contribution in [-0.2, 0) is 16.1 Å². The maximum Gasteiger partial charge on any atom is 0.326 e. The molecule has 0 bridgehead atoms. The smallest absolute Gasteiger partial charge is 0.326 e. The van der Waals surface area contributed by atoms with Crippen LogP contribution in [-0.4, -0.2) is 48.5 Å².